The first-order chi connectivity index (χ1) is 26.0. The Kier molecular flexibility index (Phi) is 37.9. The molecule has 0 saturated heterocycles. The lowest BCUT2D eigenvalue weighted by atomic mass is 9.92. The fourth-order valence-electron chi connectivity index (χ4n) is 3.78. The summed E-state index contributed by atoms with van der Waals surface area (Å²) >= 11 is 0. The van der Waals surface area contributed by atoms with Crippen molar-refractivity contribution >= 4 is 0 Å². The molecule has 0 heterocycles. The van der Waals surface area contributed by atoms with Gasteiger partial charge in [-0.2, -0.15) is 39.3 Å². The Morgan fingerprint density at radius 1 is 0.321 bits per heavy atom. The molecule has 0 aromatic carbocycles. The van der Waals surface area contributed by atoms with Crippen LogP contribution in [0.3, 0.4) is 0 Å². The maximum absolute atomic E-state index is 12.4. The van der Waals surface area contributed by atoms with Gasteiger partial charge in [0.2, 0.25) is 0 Å². The van der Waals surface area contributed by atoms with Gasteiger partial charge in [0.1, 0.15) is 64.1 Å². The first-order valence-corrected chi connectivity index (χ1v) is 15.3. The maximum Gasteiger partial charge on any atom is 0.146 e. The van der Waals surface area contributed by atoms with E-state index in [4.69, 9.17) is 37.9 Å². The van der Waals surface area contributed by atoms with Gasteiger partial charge in [0.15, 0.2) is 0 Å². The molecule has 0 aliphatic rings. The minimum atomic E-state index is -1.46. The summed E-state index contributed by atoms with van der Waals surface area (Å²) in [5, 5.41) is 12.1. The third-order valence-corrected chi connectivity index (χ3v) is 6.04. The highest BCUT2D eigenvalue weighted by atomic mass is 19.3. The van der Waals surface area contributed by atoms with Gasteiger partial charge in [0.05, 0.1) is 97.9 Å². The Morgan fingerprint density at radius 3 is 0.962 bits per heavy atom. The Hall–Kier alpha value is -1.36. The highest BCUT2D eigenvalue weighted by Gasteiger charge is 2.35. The van der Waals surface area contributed by atoms with Crippen molar-refractivity contribution in [3.63, 3.8) is 0 Å². The molecule has 0 radical (unpaired) electrons. The van der Waals surface area contributed by atoms with Gasteiger partial charge in [-0.15, -0.1) is 0 Å². The van der Waals surface area contributed by atoms with Gasteiger partial charge in [-0.05, 0) is 56.6 Å². The summed E-state index contributed by atoms with van der Waals surface area (Å²) in [7, 11) is 0. The molecular weight excluding hydrogens is 772 g/mol. The normalized spacial score (nSPS) is 15.4. The van der Waals surface area contributed by atoms with E-state index in [2.05, 4.69) is 59.7 Å². The van der Waals surface area contributed by atoms with Gasteiger partial charge in [-0.1, -0.05) is 0 Å². The smallest absolute Gasteiger partial charge is 0.146 e. The predicted molar refractivity (Wildman–Crippen MR) is 145 cm³/mol. The van der Waals surface area contributed by atoms with Gasteiger partial charge in [-0.3, -0.25) is 0 Å². The van der Waals surface area contributed by atoms with Crippen molar-refractivity contribution in [1.29, 1.82) is 0 Å². The number of rotatable bonds is 44. The van der Waals surface area contributed by atoms with Crippen LogP contribution in [0.1, 0.15) is 0 Å². The van der Waals surface area contributed by atoms with Crippen molar-refractivity contribution in [3.8, 4) is 0 Å². The van der Waals surface area contributed by atoms with E-state index < -0.39 is 95.9 Å². The molecule has 53 heavy (non-hydrogen) atoms. The first kappa shape index (κ1) is 51.6. The van der Waals surface area contributed by atoms with Crippen LogP contribution < -0.4 is 0 Å². The van der Waals surface area contributed by atoms with Crippen LogP contribution >= 0.6 is 0 Å². The van der Waals surface area contributed by atoms with Crippen LogP contribution in [-0.2, 0) is 97.6 Å². The predicted octanol–water partition coefficient (Wildman–Crippen LogP) is 2.52. The van der Waals surface area contributed by atoms with E-state index in [1.807, 2.05) is 0 Å². The van der Waals surface area contributed by atoms with Gasteiger partial charge < -0.3 is 37.9 Å². The fourth-order valence-corrected chi connectivity index (χ4v) is 3.78. The van der Waals surface area contributed by atoms with Crippen LogP contribution in [0.15, 0.2) is 0 Å². The van der Waals surface area contributed by atoms with Crippen LogP contribution in [0.2, 0.25) is 0 Å². The zero-order valence-corrected chi connectivity index (χ0v) is 28.1. The lowest BCUT2D eigenvalue weighted by molar-refractivity contribution is -0.482. The second kappa shape index (κ2) is 38.9. The zero-order chi connectivity index (χ0) is 39.1. The van der Waals surface area contributed by atoms with Crippen molar-refractivity contribution in [1.82, 2.24) is 0 Å². The Bertz CT molecular complexity index is 697. The van der Waals surface area contributed by atoms with Gasteiger partial charge >= 0.3 is 0 Å². The number of halogens is 8. The van der Waals surface area contributed by atoms with E-state index >= 15 is 0 Å². The van der Waals surface area contributed by atoms with Crippen LogP contribution in [0.25, 0.3) is 0 Å². The molecule has 0 saturated carbocycles. The summed E-state index contributed by atoms with van der Waals surface area (Å²) in [6.07, 6.45) is -4.65. The molecule has 0 N–H and O–H groups in total. The second-order valence-electron chi connectivity index (χ2n) is 10.2. The lowest BCUT2D eigenvalue weighted by Gasteiger charge is -2.34. The molecule has 0 bridgehead atoms. The highest BCUT2D eigenvalue weighted by Crippen LogP contribution is 2.23. The minimum absolute atomic E-state index is 0.188. The monoisotopic (exact) mass is 816 g/mol. The molecule has 0 rings (SSSR count). The molecule has 0 aliphatic heterocycles. The molecule has 0 aromatic rings. The first-order valence-electron chi connectivity index (χ1n) is 15.3. The molecule has 0 fully saturated rings. The summed E-state index contributed by atoms with van der Waals surface area (Å²) in [5.74, 6) is 0. The molecule has 320 valence electrons. The Balaban J connectivity index is 6.15. The van der Waals surface area contributed by atoms with Crippen molar-refractivity contribution in [2.24, 2.45) is 5.41 Å². The van der Waals surface area contributed by atoms with E-state index in [0.29, 0.717) is 0 Å². The SMILES string of the molecule is FOCCOCC(COCC(COCC(COCCOF)OCCOF)(COCC(COOF)OOF)COCC(COOF)OOF)OCCOF. The Labute approximate surface area is 296 Å². The maximum atomic E-state index is 12.4. The second-order valence-corrected chi connectivity index (χ2v) is 10.2. The van der Waals surface area contributed by atoms with E-state index in [1.54, 1.807) is 0 Å². The molecule has 4 atom stereocenters. The standard InChI is InChI=1S/C25H44F8O20/c26-42-5-1-34-9-21(40-3-7-44-28)11-36-17-25(19-38-13-23(48-52-32)15-46-50-30,20-39-14-24(49-53-33)16-47-51-31)18-37-12-22(41-4-8-45-29)10-35-2-6-43-27/h21-24H,1-20H2. The summed E-state index contributed by atoms with van der Waals surface area (Å²) in [6.45, 7) is -7.80. The number of hydrogen-bond donors (Lipinski definition) is 0. The summed E-state index contributed by atoms with van der Waals surface area (Å²) in [4.78, 5) is 30.5. The highest BCUT2D eigenvalue weighted by molar-refractivity contribution is 4.81. The van der Waals surface area contributed by atoms with Crippen LogP contribution in [-0.4, -0.2) is 157 Å². The third kappa shape index (κ3) is 30.5. The lowest BCUT2D eigenvalue weighted by Crippen LogP contribution is -2.45. The van der Waals surface area contributed by atoms with E-state index in [-0.39, 0.29) is 66.1 Å². The van der Waals surface area contributed by atoms with Gasteiger partial charge in [0.25, 0.3) is 0 Å². The summed E-state index contributed by atoms with van der Waals surface area (Å²) in [5.41, 5.74) is -1.46. The van der Waals surface area contributed by atoms with Gasteiger partial charge in [0, 0.05) is 0 Å². The largest absolute Gasteiger partial charge is 0.378 e. The molecule has 0 amide bonds. The fraction of sp³-hybridized carbons (Fsp3) is 1.00. The molecular formula is C25H44F8O20. The molecule has 4 unspecified atom stereocenters. The van der Waals surface area contributed by atoms with Gasteiger partial charge in [-0.25, -0.2) is 0 Å². The molecule has 0 spiro atoms. The number of hydrogen-bond acceptors (Lipinski definition) is 20. The molecule has 0 aliphatic carbocycles. The average molecular weight is 817 g/mol. The van der Waals surface area contributed by atoms with Crippen molar-refractivity contribution in [3.05, 3.63) is 0 Å². The third-order valence-electron chi connectivity index (χ3n) is 6.04. The zero-order valence-electron chi connectivity index (χ0n) is 28.1. The molecule has 20 nitrogen and oxygen atoms in total. The molecule has 28 heteroatoms. The van der Waals surface area contributed by atoms with Crippen molar-refractivity contribution in [2.45, 2.75) is 24.4 Å². The Morgan fingerprint density at radius 2 is 0.642 bits per heavy atom. The van der Waals surface area contributed by atoms with Crippen LogP contribution in [0.5, 0.6) is 0 Å². The average Bonchev–Trinajstić information content (AvgIpc) is 3.15. The van der Waals surface area contributed by atoms with Crippen LogP contribution in [0.4, 0.5) is 36.2 Å². The van der Waals surface area contributed by atoms with Crippen molar-refractivity contribution in [2.75, 3.05) is 132 Å². The number of ether oxygens (including phenoxy) is 8. The summed E-state index contributed by atoms with van der Waals surface area (Å²) < 4.78 is 142. The summed E-state index contributed by atoms with van der Waals surface area (Å²) in [6, 6.07) is 0. The van der Waals surface area contributed by atoms with E-state index in [0.717, 1.165) is 0 Å². The topological polar surface area (TPSA) is 185 Å². The molecule has 0 aromatic heterocycles. The van der Waals surface area contributed by atoms with Crippen LogP contribution in [0, 0.1) is 5.41 Å². The van der Waals surface area contributed by atoms with E-state index in [9.17, 15) is 36.2 Å². The minimum Gasteiger partial charge on any atom is -0.378 e. The quantitative estimate of drug-likeness (QED) is 0.0378. The van der Waals surface area contributed by atoms with E-state index in [1.165, 1.54) is 0 Å². The van der Waals surface area contributed by atoms with Crippen molar-refractivity contribution < 1.29 is 134 Å².